The molecule has 0 aliphatic heterocycles. The minimum atomic E-state index is -0.533. The van der Waals surface area contributed by atoms with Gasteiger partial charge in [-0.25, -0.2) is 4.79 Å². The lowest BCUT2D eigenvalue weighted by Gasteiger charge is -2.02. The molecule has 3 N–H and O–H groups in total. The Hall–Kier alpha value is -1.96. The van der Waals surface area contributed by atoms with Gasteiger partial charge in [-0.3, -0.25) is 14.8 Å². The average molecular weight is 241 g/mol. The number of carbonyl (C=O) groups excluding carboxylic acids is 2. The Bertz CT molecular complexity index is 390. The number of imide groups is 1. The van der Waals surface area contributed by atoms with E-state index in [2.05, 4.69) is 20.9 Å². The SMILES string of the molecule is CNC(=O)NC(=O)CCn1cc(CCO)nn1. The molecule has 1 aromatic rings. The number of aliphatic hydroxyl groups is 1. The third kappa shape index (κ3) is 4.60. The van der Waals surface area contributed by atoms with Gasteiger partial charge in [0, 0.05) is 32.7 Å². The van der Waals surface area contributed by atoms with Crippen LogP contribution in [0.3, 0.4) is 0 Å². The lowest BCUT2D eigenvalue weighted by molar-refractivity contribution is -0.120. The van der Waals surface area contributed by atoms with E-state index in [9.17, 15) is 9.59 Å². The number of nitrogens with one attached hydrogen (secondary N) is 2. The van der Waals surface area contributed by atoms with Gasteiger partial charge in [0.05, 0.1) is 12.2 Å². The van der Waals surface area contributed by atoms with Crippen molar-refractivity contribution in [3.63, 3.8) is 0 Å². The first-order valence-corrected chi connectivity index (χ1v) is 5.17. The van der Waals surface area contributed by atoms with Crippen molar-refractivity contribution < 1.29 is 14.7 Å². The molecule has 1 heterocycles. The van der Waals surface area contributed by atoms with E-state index in [1.165, 1.54) is 11.7 Å². The van der Waals surface area contributed by atoms with Crippen molar-refractivity contribution in [2.24, 2.45) is 0 Å². The summed E-state index contributed by atoms with van der Waals surface area (Å²) in [5.41, 5.74) is 0.666. The highest BCUT2D eigenvalue weighted by molar-refractivity contribution is 5.94. The van der Waals surface area contributed by atoms with E-state index in [4.69, 9.17) is 5.11 Å². The van der Waals surface area contributed by atoms with Gasteiger partial charge in [0.15, 0.2) is 0 Å². The Kier molecular flexibility index (Phi) is 5.08. The summed E-state index contributed by atoms with van der Waals surface area (Å²) in [5.74, 6) is -0.386. The Morgan fingerprint density at radius 3 is 2.94 bits per heavy atom. The third-order valence-electron chi connectivity index (χ3n) is 2.00. The van der Waals surface area contributed by atoms with E-state index in [-0.39, 0.29) is 18.9 Å². The minimum Gasteiger partial charge on any atom is -0.396 e. The van der Waals surface area contributed by atoms with Gasteiger partial charge in [-0.15, -0.1) is 5.10 Å². The van der Waals surface area contributed by atoms with Crippen LogP contribution < -0.4 is 10.6 Å². The maximum atomic E-state index is 11.2. The summed E-state index contributed by atoms with van der Waals surface area (Å²) in [4.78, 5) is 22.1. The predicted molar refractivity (Wildman–Crippen MR) is 58.0 cm³/mol. The molecule has 0 unspecified atom stereocenters. The molecule has 0 aliphatic carbocycles. The van der Waals surface area contributed by atoms with Crippen molar-refractivity contribution in [2.75, 3.05) is 13.7 Å². The van der Waals surface area contributed by atoms with Crippen LogP contribution in [0, 0.1) is 0 Å². The Morgan fingerprint density at radius 2 is 2.29 bits per heavy atom. The lowest BCUT2D eigenvalue weighted by atomic mass is 10.3. The first kappa shape index (κ1) is 13.1. The number of carbonyl (C=O) groups is 2. The Labute approximate surface area is 98.0 Å². The number of urea groups is 1. The van der Waals surface area contributed by atoms with Crippen LogP contribution in [0.4, 0.5) is 4.79 Å². The zero-order valence-electron chi connectivity index (χ0n) is 9.51. The second-order valence-electron chi connectivity index (χ2n) is 3.32. The molecule has 0 spiro atoms. The maximum Gasteiger partial charge on any atom is 0.321 e. The molecule has 8 heteroatoms. The Morgan fingerprint density at radius 1 is 1.53 bits per heavy atom. The van der Waals surface area contributed by atoms with Crippen LogP contribution in [0.2, 0.25) is 0 Å². The molecule has 17 heavy (non-hydrogen) atoms. The van der Waals surface area contributed by atoms with Crippen molar-refractivity contribution in [2.45, 2.75) is 19.4 Å². The van der Waals surface area contributed by atoms with E-state index >= 15 is 0 Å². The van der Waals surface area contributed by atoms with Crippen LogP contribution in [0.15, 0.2) is 6.20 Å². The molecule has 0 bridgehead atoms. The van der Waals surface area contributed by atoms with Gasteiger partial charge in [0.2, 0.25) is 5.91 Å². The molecule has 94 valence electrons. The monoisotopic (exact) mass is 241 g/mol. The molecule has 0 saturated heterocycles. The average Bonchev–Trinajstić information content (AvgIpc) is 2.74. The number of hydrogen-bond donors (Lipinski definition) is 3. The van der Waals surface area contributed by atoms with E-state index < -0.39 is 6.03 Å². The zero-order valence-corrected chi connectivity index (χ0v) is 9.51. The molecule has 1 rings (SSSR count). The minimum absolute atomic E-state index is 0.00977. The number of aliphatic hydroxyl groups excluding tert-OH is 1. The van der Waals surface area contributed by atoms with Gasteiger partial charge in [-0.2, -0.15) is 0 Å². The van der Waals surface area contributed by atoms with Gasteiger partial charge in [0.1, 0.15) is 0 Å². The van der Waals surface area contributed by atoms with Crippen molar-refractivity contribution in [3.8, 4) is 0 Å². The van der Waals surface area contributed by atoms with E-state index in [1.54, 1.807) is 6.20 Å². The van der Waals surface area contributed by atoms with Crippen molar-refractivity contribution >= 4 is 11.9 Å². The number of nitrogens with zero attached hydrogens (tertiary/aromatic N) is 3. The molecule has 3 amide bonds. The van der Waals surface area contributed by atoms with Crippen LogP contribution >= 0.6 is 0 Å². The molecule has 0 saturated carbocycles. The van der Waals surface area contributed by atoms with E-state index in [1.807, 2.05) is 0 Å². The highest BCUT2D eigenvalue weighted by atomic mass is 16.3. The number of rotatable bonds is 5. The first-order valence-electron chi connectivity index (χ1n) is 5.17. The highest BCUT2D eigenvalue weighted by Gasteiger charge is 2.07. The van der Waals surface area contributed by atoms with Crippen molar-refractivity contribution in [1.29, 1.82) is 0 Å². The molecule has 0 atom stereocenters. The predicted octanol–water partition coefficient (Wildman–Crippen LogP) is -1.34. The summed E-state index contributed by atoms with van der Waals surface area (Å²) in [6.07, 6.45) is 2.23. The molecule has 0 aliphatic rings. The van der Waals surface area contributed by atoms with Crippen LogP contribution in [-0.2, 0) is 17.8 Å². The number of aryl methyl sites for hydroxylation is 1. The summed E-state index contributed by atoms with van der Waals surface area (Å²) in [6.45, 7) is 0.344. The van der Waals surface area contributed by atoms with Crippen molar-refractivity contribution in [1.82, 2.24) is 25.6 Å². The molecule has 0 radical (unpaired) electrons. The normalized spacial score (nSPS) is 10.0. The standard InChI is InChI=1S/C9H15N5O3/c1-10-9(17)11-8(16)2-4-14-6-7(3-5-15)12-13-14/h6,15H,2-5H2,1H3,(H2,10,11,16,17). The van der Waals surface area contributed by atoms with Crippen LogP contribution in [0.1, 0.15) is 12.1 Å². The molecule has 0 aromatic carbocycles. The van der Waals surface area contributed by atoms with Crippen LogP contribution in [0.5, 0.6) is 0 Å². The third-order valence-corrected chi connectivity index (χ3v) is 2.00. The first-order chi connectivity index (χ1) is 8.15. The van der Waals surface area contributed by atoms with Gasteiger partial charge >= 0.3 is 6.03 Å². The largest absolute Gasteiger partial charge is 0.396 e. The fourth-order valence-electron chi connectivity index (χ4n) is 1.14. The molecular formula is C9H15N5O3. The fraction of sp³-hybridized carbons (Fsp3) is 0.556. The fourth-order valence-corrected chi connectivity index (χ4v) is 1.14. The summed E-state index contributed by atoms with van der Waals surface area (Å²) >= 11 is 0. The molecular weight excluding hydrogens is 226 g/mol. The Balaban J connectivity index is 2.34. The van der Waals surface area contributed by atoms with E-state index in [0.717, 1.165) is 0 Å². The summed E-state index contributed by atoms with van der Waals surface area (Å²) in [7, 11) is 1.43. The number of amides is 3. The molecule has 8 nitrogen and oxygen atoms in total. The highest BCUT2D eigenvalue weighted by Crippen LogP contribution is 1.95. The number of aromatic nitrogens is 3. The smallest absolute Gasteiger partial charge is 0.321 e. The second-order valence-corrected chi connectivity index (χ2v) is 3.32. The van der Waals surface area contributed by atoms with Gasteiger partial charge in [0.25, 0.3) is 0 Å². The zero-order chi connectivity index (χ0) is 12.7. The maximum absolute atomic E-state index is 11.2. The lowest BCUT2D eigenvalue weighted by Crippen LogP contribution is -2.37. The van der Waals surface area contributed by atoms with Gasteiger partial charge in [-0.1, -0.05) is 5.21 Å². The van der Waals surface area contributed by atoms with Crippen LogP contribution in [-0.4, -0.2) is 45.7 Å². The summed E-state index contributed by atoms with van der Waals surface area (Å²) in [6, 6.07) is -0.533. The van der Waals surface area contributed by atoms with Crippen LogP contribution in [0.25, 0.3) is 0 Å². The van der Waals surface area contributed by atoms with Crippen molar-refractivity contribution in [3.05, 3.63) is 11.9 Å². The van der Waals surface area contributed by atoms with Gasteiger partial charge in [-0.05, 0) is 0 Å². The summed E-state index contributed by atoms with van der Waals surface area (Å²) in [5, 5.41) is 20.7. The topological polar surface area (TPSA) is 109 Å². The van der Waals surface area contributed by atoms with E-state index in [0.29, 0.717) is 18.7 Å². The second kappa shape index (κ2) is 6.59. The van der Waals surface area contributed by atoms with Gasteiger partial charge < -0.3 is 10.4 Å². The summed E-state index contributed by atoms with van der Waals surface area (Å²) < 4.78 is 1.49. The molecule has 1 aromatic heterocycles. The number of hydrogen-bond acceptors (Lipinski definition) is 5. The quantitative estimate of drug-likeness (QED) is 0.591. The molecule has 0 fully saturated rings.